The molecule has 1 aliphatic rings. The Hall–Kier alpha value is -0.790. The molecule has 0 fully saturated rings. The fourth-order valence-electron chi connectivity index (χ4n) is 2.90. The molecule has 1 heterocycles. The highest BCUT2D eigenvalue weighted by Crippen LogP contribution is 2.45. The molecule has 2 atom stereocenters. The first-order valence-electron chi connectivity index (χ1n) is 6.54. The van der Waals surface area contributed by atoms with E-state index < -0.39 is 0 Å². The molecule has 0 radical (unpaired) electrons. The number of fused-ring (bicyclic) bond motifs is 1. The van der Waals surface area contributed by atoms with E-state index in [0.717, 1.165) is 0 Å². The van der Waals surface area contributed by atoms with Gasteiger partial charge in [-0.25, -0.2) is 0 Å². The van der Waals surface area contributed by atoms with Gasteiger partial charge < -0.3 is 0 Å². The molecule has 0 nitrogen and oxygen atoms in total. The summed E-state index contributed by atoms with van der Waals surface area (Å²) in [7, 11) is 0. The Morgan fingerprint density at radius 1 is 1.22 bits per heavy atom. The van der Waals surface area contributed by atoms with Gasteiger partial charge in [0.05, 0.1) is 5.38 Å². The highest BCUT2D eigenvalue weighted by molar-refractivity contribution is 7.12. The zero-order valence-electron chi connectivity index (χ0n) is 10.5. The third-order valence-electron chi connectivity index (χ3n) is 3.80. The molecule has 0 saturated carbocycles. The zero-order valence-corrected chi connectivity index (χ0v) is 12.1. The molecule has 1 aromatic heterocycles. The molecular formula is C16H17ClS. The summed E-state index contributed by atoms with van der Waals surface area (Å²) in [5, 5.41) is 0.130. The molecule has 0 amide bonds. The van der Waals surface area contributed by atoms with Gasteiger partial charge in [0, 0.05) is 15.7 Å². The summed E-state index contributed by atoms with van der Waals surface area (Å²) in [5.41, 5.74) is 2.96. The summed E-state index contributed by atoms with van der Waals surface area (Å²) in [5.74, 6) is 0.481. The van der Waals surface area contributed by atoms with Crippen LogP contribution in [0.4, 0.5) is 0 Å². The first-order chi connectivity index (χ1) is 8.75. The maximum absolute atomic E-state index is 6.74. The van der Waals surface area contributed by atoms with Crippen LogP contribution in [0.3, 0.4) is 0 Å². The molecule has 0 spiro atoms. The van der Waals surface area contributed by atoms with Crippen molar-refractivity contribution in [3.05, 3.63) is 57.3 Å². The lowest BCUT2D eigenvalue weighted by molar-refractivity contribution is 0.542. The Kier molecular flexibility index (Phi) is 3.45. The summed E-state index contributed by atoms with van der Waals surface area (Å²) in [6, 6.07) is 13.2. The van der Waals surface area contributed by atoms with Gasteiger partial charge in [-0.15, -0.1) is 22.9 Å². The number of alkyl halides is 1. The largest absolute Gasteiger partial charge is 0.144 e. The van der Waals surface area contributed by atoms with Crippen molar-refractivity contribution >= 4 is 22.9 Å². The number of rotatable bonds is 2. The average molecular weight is 277 g/mol. The predicted molar refractivity (Wildman–Crippen MR) is 79.8 cm³/mol. The Morgan fingerprint density at radius 3 is 2.83 bits per heavy atom. The normalized spacial score (nSPS) is 20.4. The number of hydrogen-bond acceptors (Lipinski definition) is 1. The van der Waals surface area contributed by atoms with Gasteiger partial charge in [0.2, 0.25) is 0 Å². The van der Waals surface area contributed by atoms with Crippen LogP contribution in [-0.4, -0.2) is 0 Å². The quantitative estimate of drug-likeness (QED) is 0.639. The summed E-state index contributed by atoms with van der Waals surface area (Å²) in [4.78, 5) is 2.66. The molecule has 3 rings (SSSR count). The molecule has 2 unspecified atom stereocenters. The van der Waals surface area contributed by atoms with Crippen LogP contribution in [0, 0.1) is 6.92 Å². The third kappa shape index (κ3) is 2.22. The van der Waals surface area contributed by atoms with Gasteiger partial charge in [-0.1, -0.05) is 24.3 Å². The van der Waals surface area contributed by atoms with Crippen LogP contribution < -0.4 is 0 Å². The second kappa shape index (κ2) is 5.07. The van der Waals surface area contributed by atoms with Crippen molar-refractivity contribution in [3.63, 3.8) is 0 Å². The van der Waals surface area contributed by atoms with Gasteiger partial charge in [-0.3, -0.25) is 0 Å². The Labute approximate surface area is 118 Å². The van der Waals surface area contributed by atoms with Crippen LogP contribution in [-0.2, 0) is 6.42 Å². The lowest BCUT2D eigenvalue weighted by Crippen LogP contribution is -2.13. The van der Waals surface area contributed by atoms with Crippen molar-refractivity contribution in [1.29, 1.82) is 0 Å². The topological polar surface area (TPSA) is 0 Å². The highest BCUT2D eigenvalue weighted by Gasteiger charge is 2.28. The molecular weight excluding hydrogens is 260 g/mol. The molecule has 2 heteroatoms. The van der Waals surface area contributed by atoms with Gasteiger partial charge in [-0.2, -0.15) is 0 Å². The minimum atomic E-state index is 0.130. The van der Waals surface area contributed by atoms with E-state index in [1.54, 1.807) is 0 Å². The van der Waals surface area contributed by atoms with Gasteiger partial charge in [0.1, 0.15) is 0 Å². The average Bonchev–Trinajstić information content (AvgIpc) is 2.84. The highest BCUT2D eigenvalue weighted by atomic mass is 35.5. The van der Waals surface area contributed by atoms with Crippen LogP contribution in [0.2, 0.25) is 0 Å². The number of hydrogen-bond donors (Lipinski definition) is 0. The van der Waals surface area contributed by atoms with Crippen molar-refractivity contribution in [1.82, 2.24) is 0 Å². The standard InChI is InChI=1S/C16H17ClS/c1-11-9-10-15(18-11)16(17)14-8-4-6-12-5-2-3-7-13(12)14/h2-3,5,7,9-10,14,16H,4,6,8H2,1H3. The first kappa shape index (κ1) is 12.3. The second-order valence-electron chi connectivity index (χ2n) is 5.05. The SMILES string of the molecule is Cc1ccc(C(Cl)C2CCCc3ccccc32)s1. The molecule has 2 aromatic rings. The van der Waals surface area contributed by atoms with E-state index in [1.165, 1.54) is 40.1 Å². The minimum absolute atomic E-state index is 0.130. The number of thiophene rings is 1. The maximum Gasteiger partial charge on any atom is 0.0747 e. The van der Waals surface area contributed by atoms with E-state index in [9.17, 15) is 0 Å². The summed E-state index contributed by atoms with van der Waals surface area (Å²) in [6.45, 7) is 2.15. The number of halogens is 1. The van der Waals surface area contributed by atoms with Crippen LogP contribution in [0.5, 0.6) is 0 Å². The molecule has 0 bridgehead atoms. The molecule has 0 aliphatic heterocycles. The minimum Gasteiger partial charge on any atom is -0.144 e. The lowest BCUT2D eigenvalue weighted by atomic mass is 9.80. The zero-order chi connectivity index (χ0) is 12.5. The van der Waals surface area contributed by atoms with E-state index in [-0.39, 0.29) is 5.38 Å². The number of benzene rings is 1. The molecule has 94 valence electrons. The fraction of sp³-hybridized carbons (Fsp3) is 0.375. The van der Waals surface area contributed by atoms with Crippen molar-refractivity contribution in [3.8, 4) is 0 Å². The van der Waals surface area contributed by atoms with Gasteiger partial charge in [-0.05, 0) is 49.4 Å². The number of aryl methyl sites for hydroxylation is 2. The van der Waals surface area contributed by atoms with Crippen molar-refractivity contribution in [2.24, 2.45) is 0 Å². The Morgan fingerprint density at radius 2 is 2.06 bits per heavy atom. The van der Waals surface area contributed by atoms with Crippen LogP contribution in [0.25, 0.3) is 0 Å². The summed E-state index contributed by atoms with van der Waals surface area (Å²) >= 11 is 8.57. The van der Waals surface area contributed by atoms with E-state index in [2.05, 4.69) is 43.3 Å². The van der Waals surface area contributed by atoms with Crippen LogP contribution in [0.1, 0.15) is 45.0 Å². The molecule has 1 aromatic carbocycles. The van der Waals surface area contributed by atoms with Crippen LogP contribution >= 0.6 is 22.9 Å². The molecule has 0 N–H and O–H groups in total. The van der Waals surface area contributed by atoms with Crippen LogP contribution in [0.15, 0.2) is 36.4 Å². The third-order valence-corrected chi connectivity index (χ3v) is 5.55. The Bertz CT molecular complexity index is 544. The Balaban J connectivity index is 1.94. The smallest absolute Gasteiger partial charge is 0.0747 e. The van der Waals surface area contributed by atoms with Crippen molar-refractivity contribution < 1.29 is 0 Å². The molecule has 1 aliphatic carbocycles. The molecule has 18 heavy (non-hydrogen) atoms. The lowest BCUT2D eigenvalue weighted by Gasteiger charge is -2.28. The van der Waals surface area contributed by atoms with Gasteiger partial charge >= 0.3 is 0 Å². The monoisotopic (exact) mass is 276 g/mol. The van der Waals surface area contributed by atoms with E-state index in [4.69, 9.17) is 11.6 Å². The predicted octanol–water partition coefficient (Wildman–Crippen LogP) is 5.46. The fourth-order valence-corrected chi connectivity index (χ4v) is 4.28. The van der Waals surface area contributed by atoms with E-state index in [0.29, 0.717) is 5.92 Å². The molecule has 0 saturated heterocycles. The second-order valence-corrected chi connectivity index (χ2v) is 6.84. The summed E-state index contributed by atoms with van der Waals surface area (Å²) < 4.78 is 0. The van der Waals surface area contributed by atoms with Gasteiger partial charge in [0.25, 0.3) is 0 Å². The summed E-state index contributed by atoms with van der Waals surface area (Å²) in [6.07, 6.45) is 3.68. The maximum atomic E-state index is 6.74. The van der Waals surface area contributed by atoms with Crippen molar-refractivity contribution in [2.45, 2.75) is 37.5 Å². The van der Waals surface area contributed by atoms with Gasteiger partial charge in [0.15, 0.2) is 0 Å². The van der Waals surface area contributed by atoms with E-state index in [1.807, 2.05) is 11.3 Å². The van der Waals surface area contributed by atoms with E-state index >= 15 is 0 Å². The van der Waals surface area contributed by atoms with Crippen molar-refractivity contribution in [2.75, 3.05) is 0 Å². The first-order valence-corrected chi connectivity index (χ1v) is 7.79.